The third-order valence-electron chi connectivity index (χ3n) is 4.33. The van der Waals surface area contributed by atoms with Gasteiger partial charge in [0.05, 0.1) is 19.9 Å². The molecule has 0 bridgehead atoms. The summed E-state index contributed by atoms with van der Waals surface area (Å²) in [5, 5.41) is 5.15. The zero-order chi connectivity index (χ0) is 20.8. The molecule has 0 aliphatic carbocycles. The molecule has 3 rings (SSSR count). The summed E-state index contributed by atoms with van der Waals surface area (Å²) in [6, 6.07) is 13.2. The van der Waals surface area contributed by atoms with E-state index in [2.05, 4.69) is 24.1 Å². The van der Waals surface area contributed by atoms with Crippen LogP contribution in [0.4, 0.5) is 5.13 Å². The van der Waals surface area contributed by atoms with E-state index in [0.717, 1.165) is 16.9 Å². The summed E-state index contributed by atoms with van der Waals surface area (Å²) in [6.07, 6.45) is 0. The first kappa shape index (κ1) is 20.7. The number of methoxy groups -OCH3 is 2. The van der Waals surface area contributed by atoms with E-state index in [-0.39, 0.29) is 12.5 Å². The molecular weight excluding hydrogens is 388 g/mol. The second-order valence-electron chi connectivity index (χ2n) is 6.63. The number of nitrogens with zero attached hydrogens (tertiary/aromatic N) is 1. The second-order valence-corrected chi connectivity index (χ2v) is 7.49. The number of hydrogen-bond acceptors (Lipinski definition) is 6. The van der Waals surface area contributed by atoms with Crippen LogP contribution in [-0.2, 0) is 4.79 Å². The molecule has 2 aromatic carbocycles. The summed E-state index contributed by atoms with van der Waals surface area (Å²) < 4.78 is 16.4. The van der Waals surface area contributed by atoms with Gasteiger partial charge >= 0.3 is 0 Å². The van der Waals surface area contributed by atoms with Crippen LogP contribution in [0.15, 0.2) is 47.8 Å². The quantitative estimate of drug-likeness (QED) is 0.566. The molecule has 0 fully saturated rings. The van der Waals surface area contributed by atoms with Gasteiger partial charge in [-0.15, -0.1) is 11.3 Å². The van der Waals surface area contributed by atoms with Gasteiger partial charge in [0.2, 0.25) is 0 Å². The molecule has 1 N–H and O–H groups in total. The number of carbonyl (C=O) groups excluding carboxylic acids is 1. The van der Waals surface area contributed by atoms with Crippen LogP contribution in [0.2, 0.25) is 0 Å². The van der Waals surface area contributed by atoms with Crippen molar-refractivity contribution in [2.75, 3.05) is 26.1 Å². The average molecular weight is 413 g/mol. The highest BCUT2D eigenvalue weighted by atomic mass is 32.1. The predicted molar refractivity (Wildman–Crippen MR) is 115 cm³/mol. The van der Waals surface area contributed by atoms with Crippen molar-refractivity contribution in [3.8, 4) is 28.5 Å². The first-order valence-corrected chi connectivity index (χ1v) is 10.1. The molecule has 152 valence electrons. The van der Waals surface area contributed by atoms with Crippen molar-refractivity contribution >= 4 is 22.4 Å². The topological polar surface area (TPSA) is 69.7 Å². The van der Waals surface area contributed by atoms with Gasteiger partial charge in [-0.1, -0.05) is 32.0 Å². The fraction of sp³-hybridized carbons (Fsp3) is 0.273. The Labute approximate surface area is 174 Å². The number of aromatic nitrogens is 1. The molecule has 0 unspecified atom stereocenters. The highest BCUT2D eigenvalue weighted by Gasteiger charge is 2.14. The van der Waals surface area contributed by atoms with Crippen LogP contribution >= 0.6 is 11.3 Å². The Morgan fingerprint density at radius 3 is 2.62 bits per heavy atom. The van der Waals surface area contributed by atoms with Crippen molar-refractivity contribution in [1.82, 2.24) is 4.98 Å². The van der Waals surface area contributed by atoms with E-state index in [1.807, 2.05) is 47.8 Å². The fourth-order valence-electron chi connectivity index (χ4n) is 2.86. The normalized spacial score (nSPS) is 10.7. The number of thiazole rings is 1. The summed E-state index contributed by atoms with van der Waals surface area (Å²) in [4.78, 5) is 16.8. The van der Waals surface area contributed by atoms with Crippen LogP contribution in [0.5, 0.6) is 17.2 Å². The molecule has 0 spiro atoms. The Morgan fingerprint density at radius 1 is 1.10 bits per heavy atom. The van der Waals surface area contributed by atoms with Crippen LogP contribution in [0.3, 0.4) is 0 Å². The minimum atomic E-state index is -0.262. The van der Waals surface area contributed by atoms with E-state index in [1.54, 1.807) is 14.2 Å². The van der Waals surface area contributed by atoms with Crippen molar-refractivity contribution in [3.05, 3.63) is 53.4 Å². The maximum atomic E-state index is 12.3. The van der Waals surface area contributed by atoms with Gasteiger partial charge in [-0.3, -0.25) is 10.1 Å². The Kier molecular flexibility index (Phi) is 6.72. The van der Waals surface area contributed by atoms with E-state index in [1.165, 1.54) is 11.3 Å². The third-order valence-corrected chi connectivity index (χ3v) is 5.09. The number of carbonyl (C=O) groups is 1. The molecule has 3 aromatic rings. The van der Waals surface area contributed by atoms with E-state index < -0.39 is 0 Å². The smallest absolute Gasteiger partial charge is 0.264 e. The lowest BCUT2D eigenvalue weighted by Crippen LogP contribution is -2.20. The minimum Gasteiger partial charge on any atom is -0.497 e. The summed E-state index contributed by atoms with van der Waals surface area (Å²) in [7, 11) is 3.21. The largest absolute Gasteiger partial charge is 0.497 e. The standard InChI is InChI=1S/C22H24N2O4S/c1-14(2)16-7-5-6-8-20(16)28-12-21(25)24-22-23-18(13-29-22)17-11-15(26-3)9-10-19(17)27-4/h5-11,13-14H,12H2,1-4H3,(H,23,24,25). The molecule has 7 heteroatoms. The molecule has 0 aliphatic rings. The van der Waals surface area contributed by atoms with Gasteiger partial charge in [0.1, 0.15) is 17.2 Å². The maximum Gasteiger partial charge on any atom is 0.264 e. The van der Waals surface area contributed by atoms with Gasteiger partial charge in [0, 0.05) is 10.9 Å². The molecule has 0 saturated heterocycles. The van der Waals surface area contributed by atoms with E-state index in [0.29, 0.717) is 28.2 Å². The highest BCUT2D eigenvalue weighted by molar-refractivity contribution is 7.14. The van der Waals surface area contributed by atoms with Crippen LogP contribution < -0.4 is 19.5 Å². The zero-order valence-electron chi connectivity index (χ0n) is 16.9. The minimum absolute atomic E-state index is 0.0822. The zero-order valence-corrected chi connectivity index (χ0v) is 17.7. The summed E-state index contributed by atoms with van der Waals surface area (Å²) >= 11 is 1.34. The van der Waals surface area contributed by atoms with Crippen molar-refractivity contribution in [2.24, 2.45) is 0 Å². The number of anilines is 1. The van der Waals surface area contributed by atoms with Crippen molar-refractivity contribution < 1.29 is 19.0 Å². The molecule has 1 heterocycles. The number of para-hydroxylation sites is 1. The molecule has 1 amide bonds. The van der Waals surface area contributed by atoms with E-state index in [9.17, 15) is 4.79 Å². The lowest BCUT2D eigenvalue weighted by molar-refractivity contribution is -0.118. The number of rotatable bonds is 8. The Bertz CT molecular complexity index is 984. The van der Waals surface area contributed by atoms with E-state index >= 15 is 0 Å². The fourth-order valence-corrected chi connectivity index (χ4v) is 3.58. The summed E-state index contributed by atoms with van der Waals surface area (Å²) in [5.74, 6) is 2.16. The van der Waals surface area contributed by atoms with Gasteiger partial charge in [-0.2, -0.15) is 0 Å². The molecule has 1 aromatic heterocycles. The van der Waals surface area contributed by atoms with Gasteiger partial charge in [0.15, 0.2) is 11.7 Å². The molecule has 0 atom stereocenters. The van der Waals surface area contributed by atoms with Crippen molar-refractivity contribution in [3.63, 3.8) is 0 Å². The second kappa shape index (κ2) is 9.43. The number of nitrogens with one attached hydrogen (secondary N) is 1. The van der Waals surface area contributed by atoms with Gasteiger partial charge < -0.3 is 14.2 Å². The molecule has 6 nitrogen and oxygen atoms in total. The van der Waals surface area contributed by atoms with Crippen molar-refractivity contribution in [2.45, 2.75) is 19.8 Å². The summed E-state index contributed by atoms with van der Waals surface area (Å²) in [5.41, 5.74) is 2.57. The van der Waals surface area contributed by atoms with Crippen LogP contribution in [0, 0.1) is 0 Å². The number of amides is 1. The molecule has 0 saturated carbocycles. The van der Waals surface area contributed by atoms with Gasteiger partial charge in [-0.25, -0.2) is 4.98 Å². The maximum absolute atomic E-state index is 12.3. The first-order chi connectivity index (χ1) is 14.0. The van der Waals surface area contributed by atoms with Crippen LogP contribution in [0.1, 0.15) is 25.3 Å². The van der Waals surface area contributed by atoms with Crippen molar-refractivity contribution in [1.29, 1.82) is 0 Å². The van der Waals surface area contributed by atoms with Gasteiger partial charge in [-0.05, 0) is 35.7 Å². The molecule has 29 heavy (non-hydrogen) atoms. The predicted octanol–water partition coefficient (Wildman–Crippen LogP) is 4.97. The molecule has 0 aliphatic heterocycles. The first-order valence-electron chi connectivity index (χ1n) is 9.21. The molecule has 0 radical (unpaired) electrons. The number of hydrogen-bond donors (Lipinski definition) is 1. The Hall–Kier alpha value is -3.06. The van der Waals surface area contributed by atoms with Crippen LogP contribution in [0.25, 0.3) is 11.3 Å². The van der Waals surface area contributed by atoms with E-state index in [4.69, 9.17) is 14.2 Å². The lowest BCUT2D eigenvalue weighted by Gasteiger charge is -2.13. The number of benzene rings is 2. The average Bonchev–Trinajstić information content (AvgIpc) is 3.20. The van der Waals surface area contributed by atoms with Crippen LogP contribution in [-0.4, -0.2) is 31.7 Å². The van der Waals surface area contributed by atoms with Gasteiger partial charge in [0.25, 0.3) is 5.91 Å². The number of ether oxygens (including phenoxy) is 3. The molecular formula is C22H24N2O4S. The SMILES string of the molecule is COc1ccc(OC)c(-c2csc(NC(=O)COc3ccccc3C(C)C)n2)c1. The summed E-state index contributed by atoms with van der Waals surface area (Å²) in [6.45, 7) is 4.10. The Morgan fingerprint density at radius 2 is 1.90 bits per heavy atom. The third kappa shape index (κ3) is 5.06. The highest BCUT2D eigenvalue weighted by Crippen LogP contribution is 2.35. The Balaban J connectivity index is 1.67. The monoisotopic (exact) mass is 412 g/mol. The lowest BCUT2D eigenvalue weighted by atomic mass is 10.0.